The zero-order valence-corrected chi connectivity index (χ0v) is 33.8. The molecule has 0 saturated heterocycles. The van der Waals surface area contributed by atoms with E-state index in [1.54, 1.807) is 18.5 Å². The number of hydrogen-bond donors (Lipinski definition) is 1. The highest BCUT2D eigenvalue weighted by Gasteiger charge is 2.21. The normalized spacial score (nSPS) is 11.8. The van der Waals surface area contributed by atoms with Crippen LogP contribution in [0.4, 0.5) is 5.95 Å². The minimum Gasteiger partial charge on any atom is -0.368 e. The lowest BCUT2D eigenvalue weighted by Crippen LogP contribution is -2.04. The fourth-order valence-electron chi connectivity index (χ4n) is 5.92. The van der Waals surface area contributed by atoms with E-state index in [9.17, 15) is 0 Å². The van der Waals surface area contributed by atoms with Crippen LogP contribution in [0.25, 0.3) is 43.9 Å². The molecule has 0 radical (unpaired) electrons. The fourth-order valence-corrected chi connectivity index (χ4v) is 5.92. The number of allylic oxidation sites excluding steroid dienone is 2. The average Bonchev–Trinajstić information content (AvgIpc) is 3.03. The Morgan fingerprint density at radius 3 is 1.84 bits per heavy atom. The molecule has 272 valence electrons. The smallest absolute Gasteiger partial charge is 0.219 e. The van der Waals surface area contributed by atoms with E-state index in [2.05, 4.69) is 149 Å². The van der Waals surface area contributed by atoms with Gasteiger partial charge in [-0.2, -0.15) is 0 Å². The molecule has 1 aliphatic rings. The first-order valence-electron chi connectivity index (χ1n) is 18.1. The van der Waals surface area contributed by atoms with E-state index in [4.69, 9.17) is 10.7 Å². The predicted molar refractivity (Wildman–Crippen MR) is 228 cm³/mol. The van der Waals surface area contributed by atoms with Crippen molar-refractivity contribution in [3.8, 4) is 22.3 Å². The first-order chi connectivity index (χ1) is 23.8. The lowest BCUT2D eigenvalue weighted by molar-refractivity contribution is 0.469. The van der Waals surface area contributed by atoms with Crippen molar-refractivity contribution in [2.45, 2.75) is 109 Å². The van der Waals surface area contributed by atoms with Crippen molar-refractivity contribution in [2.24, 2.45) is 10.8 Å². The number of anilines is 1. The minimum atomic E-state index is 0.287. The molecule has 3 aromatic carbocycles. The van der Waals surface area contributed by atoms with Crippen molar-refractivity contribution in [1.82, 2.24) is 15.0 Å². The van der Waals surface area contributed by atoms with Crippen LogP contribution in [0.15, 0.2) is 93.0 Å². The molecule has 0 saturated carbocycles. The third kappa shape index (κ3) is 12.3. The molecule has 0 aliphatic heterocycles. The zero-order valence-electron chi connectivity index (χ0n) is 33.8. The molecule has 1 aliphatic carbocycles. The molecule has 0 unspecified atom stereocenters. The summed E-state index contributed by atoms with van der Waals surface area (Å²) in [4.78, 5) is 13.4. The van der Waals surface area contributed by atoms with Gasteiger partial charge < -0.3 is 5.73 Å². The number of aromatic nitrogens is 3. The van der Waals surface area contributed by atoms with Gasteiger partial charge in [-0.05, 0) is 120 Å². The van der Waals surface area contributed by atoms with Crippen LogP contribution in [-0.2, 0) is 19.3 Å². The van der Waals surface area contributed by atoms with Gasteiger partial charge in [0.1, 0.15) is 0 Å². The highest BCUT2D eigenvalue weighted by Crippen LogP contribution is 2.43. The van der Waals surface area contributed by atoms with E-state index in [0.29, 0.717) is 10.8 Å². The first-order valence-corrected chi connectivity index (χ1v) is 18.1. The fraction of sp³-hybridized carbons (Fsp3) is 0.383. The van der Waals surface area contributed by atoms with E-state index < -0.39 is 0 Å². The molecule has 6 rings (SSSR count). The molecule has 4 heteroatoms. The highest BCUT2D eigenvalue weighted by atomic mass is 15.0. The monoisotopic (exact) mass is 685 g/mol. The van der Waals surface area contributed by atoms with E-state index >= 15 is 0 Å². The number of rotatable bonds is 4. The summed E-state index contributed by atoms with van der Waals surface area (Å²) in [6, 6.07) is 13.6. The highest BCUT2D eigenvalue weighted by molar-refractivity contribution is 6.09. The number of benzene rings is 3. The van der Waals surface area contributed by atoms with Gasteiger partial charge in [-0.3, -0.25) is 4.98 Å². The van der Waals surface area contributed by atoms with Gasteiger partial charge in [0.25, 0.3) is 0 Å². The Labute approximate surface area is 310 Å². The van der Waals surface area contributed by atoms with Gasteiger partial charge in [0.2, 0.25) is 5.95 Å². The Morgan fingerprint density at radius 2 is 1.31 bits per heavy atom. The van der Waals surface area contributed by atoms with E-state index in [1.807, 2.05) is 13.1 Å². The van der Waals surface area contributed by atoms with E-state index in [-0.39, 0.29) is 5.95 Å². The van der Waals surface area contributed by atoms with Crippen molar-refractivity contribution in [3.63, 3.8) is 0 Å². The van der Waals surface area contributed by atoms with Crippen LogP contribution in [0.5, 0.6) is 0 Å². The molecule has 2 N–H and O–H groups in total. The molecule has 4 nitrogen and oxygen atoms in total. The largest absolute Gasteiger partial charge is 0.368 e. The molecule has 2 heterocycles. The molecule has 0 amide bonds. The maximum Gasteiger partial charge on any atom is 0.219 e. The number of nitrogens with two attached hydrogens (primary N) is 1. The Balaban J connectivity index is 0.000000515. The summed E-state index contributed by atoms with van der Waals surface area (Å²) in [5.74, 6) is 0.287. The lowest BCUT2D eigenvalue weighted by atomic mass is 9.82. The second-order valence-corrected chi connectivity index (χ2v) is 16.6. The summed E-state index contributed by atoms with van der Waals surface area (Å²) < 4.78 is 0. The number of aryl methyl sites for hydroxylation is 4. The molecule has 5 aromatic rings. The van der Waals surface area contributed by atoms with Crippen molar-refractivity contribution in [2.75, 3.05) is 5.73 Å². The Hall–Kier alpha value is -4.57. The van der Waals surface area contributed by atoms with Crippen LogP contribution in [0.1, 0.15) is 103 Å². The Kier molecular flexibility index (Phi) is 15.5. The van der Waals surface area contributed by atoms with Crippen LogP contribution in [0.3, 0.4) is 0 Å². The van der Waals surface area contributed by atoms with Crippen molar-refractivity contribution < 1.29 is 0 Å². The molecule has 0 spiro atoms. The molecule has 2 aromatic heterocycles. The standard InChI is InChI=1S/C32H30N4.2C5H12.C3H6.C2H4/c1-18(2)14-27-19(3)15-28-20(4)24(23-16-35-32(33)36-17-23)10-11-25(28)30(27)26-9-8-21-6-5-7-22-12-13-34-31(26)29(21)22;2*1-5(2,3)4;1-3-2;1-2/h8-13,15-17H,1,5-7,14H2,2-4H3,(H2,33,35,36);2*1-4H3;3H,1H2,2H3;1-2H2. The molecule has 0 fully saturated rings. The number of nitrogen functional groups attached to an aromatic ring is 1. The number of nitrogens with zero attached hydrogens (tertiary/aromatic N) is 3. The average molecular weight is 685 g/mol. The van der Waals surface area contributed by atoms with Crippen molar-refractivity contribution in [1.29, 1.82) is 0 Å². The van der Waals surface area contributed by atoms with Crippen molar-refractivity contribution in [3.05, 3.63) is 121 Å². The maximum atomic E-state index is 5.74. The number of pyridine rings is 1. The van der Waals surface area contributed by atoms with Gasteiger partial charge in [-0.15, -0.1) is 19.7 Å². The SMILES string of the molecule is C=C.C=C(C)Cc1c(C)cc2c(C)c(-c3cnc(N)nc3)ccc2c1-c1ccc2c3c(ccnc13)CCC2.C=CC.CC(C)(C)C.CC(C)(C)C. The van der Waals surface area contributed by atoms with Gasteiger partial charge in [0.05, 0.1) is 5.52 Å². The molecule has 0 atom stereocenters. The van der Waals surface area contributed by atoms with Gasteiger partial charge in [-0.25, -0.2) is 9.97 Å². The molecular weight excluding hydrogens is 621 g/mol. The van der Waals surface area contributed by atoms with E-state index in [1.165, 1.54) is 61.5 Å². The predicted octanol–water partition coefficient (Wildman–Crippen LogP) is 13.4. The van der Waals surface area contributed by atoms with Crippen LogP contribution in [-0.4, -0.2) is 15.0 Å². The summed E-state index contributed by atoms with van der Waals surface area (Å²) >= 11 is 0. The van der Waals surface area contributed by atoms with Crippen LogP contribution in [0.2, 0.25) is 0 Å². The summed E-state index contributed by atoms with van der Waals surface area (Å²) in [6.45, 7) is 39.5. The quantitative estimate of drug-likeness (QED) is 0.191. The van der Waals surface area contributed by atoms with Gasteiger partial charge >= 0.3 is 0 Å². The third-order valence-corrected chi connectivity index (χ3v) is 7.61. The summed E-state index contributed by atoms with van der Waals surface area (Å²) in [6.07, 6.45) is 11.6. The Morgan fingerprint density at radius 1 is 0.804 bits per heavy atom. The number of hydrogen-bond acceptors (Lipinski definition) is 4. The van der Waals surface area contributed by atoms with Gasteiger partial charge in [-0.1, -0.05) is 104 Å². The second kappa shape index (κ2) is 18.6. The minimum absolute atomic E-state index is 0.287. The maximum absolute atomic E-state index is 5.74. The van der Waals surface area contributed by atoms with Crippen LogP contribution in [0, 0.1) is 24.7 Å². The topological polar surface area (TPSA) is 64.7 Å². The number of fused-ring (bicyclic) bond motifs is 1. The summed E-state index contributed by atoms with van der Waals surface area (Å²) in [7, 11) is 0. The Bertz CT molecular complexity index is 1900. The van der Waals surface area contributed by atoms with E-state index in [0.717, 1.165) is 41.5 Å². The zero-order chi connectivity index (χ0) is 38.7. The molecular formula is C47H64N4. The molecule has 51 heavy (non-hydrogen) atoms. The third-order valence-electron chi connectivity index (χ3n) is 7.61. The van der Waals surface area contributed by atoms with Crippen molar-refractivity contribution >= 4 is 27.6 Å². The van der Waals surface area contributed by atoms with Gasteiger partial charge in [0.15, 0.2) is 0 Å². The van der Waals surface area contributed by atoms with Crippen LogP contribution >= 0.6 is 0 Å². The molecule has 0 bridgehead atoms. The summed E-state index contributed by atoms with van der Waals surface area (Å²) in [5.41, 5.74) is 20.2. The summed E-state index contributed by atoms with van der Waals surface area (Å²) in [5, 5.41) is 3.83. The van der Waals surface area contributed by atoms with Crippen LogP contribution < -0.4 is 5.73 Å². The van der Waals surface area contributed by atoms with Gasteiger partial charge in [0, 0.05) is 35.1 Å². The lowest BCUT2D eigenvalue weighted by Gasteiger charge is -2.23. The second-order valence-electron chi connectivity index (χ2n) is 16.6. The first kappa shape index (κ1) is 42.6.